The summed E-state index contributed by atoms with van der Waals surface area (Å²) in [5.74, 6) is -0.508. The number of rotatable bonds is 4. The minimum atomic E-state index is -0.650. The maximum Gasteiger partial charge on any atom is 0.359 e. The first kappa shape index (κ1) is 22.2. The Kier molecular flexibility index (Phi) is 6.64. The van der Waals surface area contributed by atoms with E-state index in [1.807, 2.05) is 32.9 Å². The number of ether oxygens (including phenoxy) is 1. The number of benzene rings is 2. The van der Waals surface area contributed by atoms with Crippen LogP contribution in [0, 0.1) is 0 Å². The van der Waals surface area contributed by atoms with Gasteiger partial charge in [0.25, 0.3) is 0 Å². The second-order valence-corrected chi connectivity index (χ2v) is 9.17. The predicted octanol–water partition coefficient (Wildman–Crippen LogP) is 7.35. The fourth-order valence-corrected chi connectivity index (χ4v) is 3.94. The molecule has 0 aliphatic carbocycles. The van der Waals surface area contributed by atoms with E-state index in [2.05, 4.69) is 21.0 Å². The van der Waals surface area contributed by atoms with Crippen LogP contribution in [0.4, 0.5) is 0 Å². The van der Waals surface area contributed by atoms with Gasteiger partial charge in [0.1, 0.15) is 5.60 Å². The van der Waals surface area contributed by atoms with Crippen LogP contribution < -0.4 is 0 Å². The SMILES string of the molecule is CC(C)(C)OC(=O)c1nn(-c2ccc(Cl)cc2Cl)c(-c2ccc(Cl)cc2)c1CBr. The van der Waals surface area contributed by atoms with Crippen molar-refractivity contribution in [3.05, 3.63) is 68.8 Å². The predicted molar refractivity (Wildman–Crippen MR) is 122 cm³/mol. The molecule has 0 saturated heterocycles. The summed E-state index contributed by atoms with van der Waals surface area (Å²) in [6, 6.07) is 12.4. The molecular formula is C21H18BrCl3N2O2. The van der Waals surface area contributed by atoms with Crippen molar-refractivity contribution in [3.63, 3.8) is 0 Å². The number of carbonyl (C=O) groups is 1. The maximum atomic E-state index is 12.9. The van der Waals surface area contributed by atoms with E-state index in [-0.39, 0.29) is 5.69 Å². The molecule has 0 bridgehead atoms. The molecule has 2 aromatic carbocycles. The number of carbonyl (C=O) groups excluding carboxylic acids is 1. The van der Waals surface area contributed by atoms with Crippen molar-refractivity contribution in [2.75, 3.05) is 0 Å². The minimum Gasteiger partial charge on any atom is -0.455 e. The number of hydrogen-bond donors (Lipinski definition) is 0. The normalized spacial score (nSPS) is 11.6. The van der Waals surface area contributed by atoms with E-state index in [1.54, 1.807) is 35.0 Å². The molecule has 0 fully saturated rings. The Labute approximate surface area is 192 Å². The number of aromatic nitrogens is 2. The second kappa shape index (κ2) is 8.68. The van der Waals surface area contributed by atoms with Crippen LogP contribution in [0.2, 0.25) is 15.1 Å². The lowest BCUT2D eigenvalue weighted by molar-refractivity contribution is 0.00615. The largest absolute Gasteiger partial charge is 0.455 e. The molecule has 1 heterocycles. The fraction of sp³-hybridized carbons (Fsp3) is 0.238. The number of esters is 1. The highest BCUT2D eigenvalue weighted by Gasteiger charge is 2.28. The Hall–Kier alpha value is -1.53. The Morgan fingerprint density at radius 3 is 2.24 bits per heavy atom. The first-order valence-electron chi connectivity index (χ1n) is 8.73. The zero-order chi connectivity index (χ0) is 21.3. The number of halogens is 4. The molecule has 0 atom stereocenters. The third-order valence-electron chi connectivity index (χ3n) is 3.96. The van der Waals surface area contributed by atoms with Crippen LogP contribution in [-0.2, 0) is 10.1 Å². The molecule has 0 spiro atoms. The molecule has 29 heavy (non-hydrogen) atoms. The van der Waals surface area contributed by atoms with Crippen LogP contribution >= 0.6 is 50.7 Å². The molecule has 3 aromatic rings. The average molecular weight is 517 g/mol. The smallest absolute Gasteiger partial charge is 0.359 e. The minimum absolute atomic E-state index is 0.216. The van der Waals surface area contributed by atoms with Crippen molar-refractivity contribution in [3.8, 4) is 16.9 Å². The monoisotopic (exact) mass is 514 g/mol. The third kappa shape index (κ3) is 4.97. The van der Waals surface area contributed by atoms with Crippen molar-refractivity contribution in [2.24, 2.45) is 0 Å². The molecule has 0 saturated carbocycles. The molecule has 4 nitrogen and oxygen atoms in total. The van der Waals surface area contributed by atoms with Crippen LogP contribution in [0.1, 0.15) is 36.8 Å². The van der Waals surface area contributed by atoms with Gasteiger partial charge in [-0.05, 0) is 51.1 Å². The number of nitrogens with zero attached hydrogens (tertiary/aromatic N) is 2. The van der Waals surface area contributed by atoms with E-state index >= 15 is 0 Å². The van der Waals surface area contributed by atoms with Gasteiger partial charge in [0.15, 0.2) is 5.69 Å². The molecule has 0 amide bonds. The van der Waals surface area contributed by atoms with Gasteiger partial charge in [0.2, 0.25) is 0 Å². The van der Waals surface area contributed by atoms with Gasteiger partial charge in [-0.3, -0.25) is 0 Å². The van der Waals surface area contributed by atoms with Gasteiger partial charge in [-0.2, -0.15) is 5.10 Å². The Morgan fingerprint density at radius 1 is 1.07 bits per heavy atom. The van der Waals surface area contributed by atoms with Gasteiger partial charge < -0.3 is 4.74 Å². The molecule has 3 rings (SSSR count). The third-order valence-corrected chi connectivity index (χ3v) is 5.32. The summed E-state index contributed by atoms with van der Waals surface area (Å²) in [6.45, 7) is 5.43. The summed E-state index contributed by atoms with van der Waals surface area (Å²) in [5, 5.41) is 6.49. The lowest BCUT2D eigenvalue weighted by Gasteiger charge is -2.18. The number of hydrogen-bond acceptors (Lipinski definition) is 3. The van der Waals surface area contributed by atoms with Gasteiger partial charge in [0, 0.05) is 26.5 Å². The number of alkyl halides is 1. The van der Waals surface area contributed by atoms with Gasteiger partial charge >= 0.3 is 5.97 Å². The summed E-state index contributed by atoms with van der Waals surface area (Å²) in [7, 11) is 0. The van der Waals surface area contributed by atoms with Crippen LogP contribution in [0.15, 0.2) is 42.5 Å². The molecule has 0 radical (unpaired) electrons. The van der Waals surface area contributed by atoms with Gasteiger partial charge in [-0.1, -0.05) is 62.9 Å². The van der Waals surface area contributed by atoms with Crippen molar-refractivity contribution in [1.29, 1.82) is 0 Å². The Morgan fingerprint density at radius 2 is 1.69 bits per heavy atom. The Balaban J connectivity index is 2.28. The zero-order valence-electron chi connectivity index (χ0n) is 16.0. The second-order valence-electron chi connectivity index (χ2n) is 7.33. The summed E-state index contributed by atoms with van der Waals surface area (Å²) in [4.78, 5) is 12.9. The van der Waals surface area contributed by atoms with Crippen LogP contribution in [-0.4, -0.2) is 21.4 Å². The summed E-state index contributed by atoms with van der Waals surface area (Å²) >= 11 is 22.1. The van der Waals surface area contributed by atoms with Crippen molar-refractivity contribution < 1.29 is 9.53 Å². The molecule has 8 heteroatoms. The van der Waals surface area contributed by atoms with Gasteiger partial charge in [0.05, 0.1) is 16.4 Å². The highest BCUT2D eigenvalue weighted by atomic mass is 79.9. The zero-order valence-corrected chi connectivity index (χ0v) is 19.8. The van der Waals surface area contributed by atoms with E-state index in [9.17, 15) is 4.79 Å². The maximum absolute atomic E-state index is 12.9. The summed E-state index contributed by atoms with van der Waals surface area (Å²) in [6.07, 6.45) is 0. The first-order valence-corrected chi connectivity index (χ1v) is 11.0. The van der Waals surface area contributed by atoms with Crippen LogP contribution in [0.3, 0.4) is 0 Å². The van der Waals surface area contributed by atoms with Crippen molar-refractivity contribution in [1.82, 2.24) is 9.78 Å². The molecule has 0 aliphatic rings. The highest BCUT2D eigenvalue weighted by molar-refractivity contribution is 9.08. The van der Waals surface area contributed by atoms with E-state index < -0.39 is 11.6 Å². The lowest BCUT2D eigenvalue weighted by atomic mass is 10.1. The van der Waals surface area contributed by atoms with E-state index in [1.165, 1.54) is 0 Å². The van der Waals surface area contributed by atoms with Crippen molar-refractivity contribution in [2.45, 2.75) is 31.7 Å². The molecule has 1 aromatic heterocycles. The van der Waals surface area contributed by atoms with Crippen LogP contribution in [0.5, 0.6) is 0 Å². The highest BCUT2D eigenvalue weighted by Crippen LogP contribution is 2.35. The van der Waals surface area contributed by atoms with E-state index in [4.69, 9.17) is 39.5 Å². The molecule has 0 aliphatic heterocycles. The molecule has 0 N–H and O–H groups in total. The van der Waals surface area contributed by atoms with Crippen LogP contribution in [0.25, 0.3) is 16.9 Å². The average Bonchev–Trinajstić information content (AvgIpc) is 3.00. The van der Waals surface area contributed by atoms with Crippen molar-refractivity contribution >= 4 is 56.7 Å². The van der Waals surface area contributed by atoms with E-state index in [0.717, 1.165) is 5.56 Å². The Bertz CT molecular complexity index is 1060. The van der Waals surface area contributed by atoms with E-state index in [0.29, 0.717) is 37.3 Å². The quantitative estimate of drug-likeness (QED) is 0.269. The first-order chi connectivity index (χ1) is 13.6. The molecule has 0 unspecified atom stereocenters. The summed E-state index contributed by atoms with van der Waals surface area (Å²) < 4.78 is 7.20. The standard InChI is InChI=1S/C21H18BrCl3N2O2/c1-21(2,3)29-20(28)18-15(11-22)19(12-4-6-13(23)7-5-12)27(26-18)17-9-8-14(24)10-16(17)25/h4-10H,11H2,1-3H3. The molecule has 152 valence electrons. The van der Waals surface area contributed by atoms with Gasteiger partial charge in [-0.15, -0.1) is 0 Å². The fourth-order valence-electron chi connectivity index (χ4n) is 2.80. The van der Waals surface area contributed by atoms with Gasteiger partial charge in [-0.25, -0.2) is 9.48 Å². The molecular weight excluding hydrogens is 499 g/mol. The summed E-state index contributed by atoms with van der Waals surface area (Å²) in [5.41, 5.74) is 2.39. The lowest BCUT2D eigenvalue weighted by Crippen LogP contribution is -2.24. The topological polar surface area (TPSA) is 44.1 Å².